The molecule has 5 nitrogen and oxygen atoms in total. The summed E-state index contributed by atoms with van der Waals surface area (Å²) in [6, 6.07) is 8.02. The number of quaternary nitrogens is 2. The molecule has 3 rings (SSSR count). The van der Waals surface area contributed by atoms with Crippen molar-refractivity contribution in [2.75, 3.05) is 39.4 Å². The molecule has 27 heavy (non-hydrogen) atoms. The molecule has 150 valence electrons. The van der Waals surface area contributed by atoms with Crippen LogP contribution in [0.2, 0.25) is 5.02 Å². The molecule has 1 aliphatic heterocycles. The smallest absolute Gasteiger partial charge is 0.275 e. The Kier molecular flexibility index (Phi) is 7.53. The molecule has 1 aromatic carbocycles. The first-order valence-electron chi connectivity index (χ1n) is 10.4. The molecule has 0 radical (unpaired) electrons. The minimum Gasteiger partial charge on any atom is -0.370 e. The first kappa shape index (κ1) is 20.6. The van der Waals surface area contributed by atoms with Gasteiger partial charge in [0.05, 0.1) is 19.8 Å². The van der Waals surface area contributed by atoms with E-state index in [1.54, 1.807) is 4.90 Å². The predicted molar refractivity (Wildman–Crippen MR) is 107 cm³/mol. The van der Waals surface area contributed by atoms with Crippen LogP contribution in [0.3, 0.4) is 0 Å². The van der Waals surface area contributed by atoms with Gasteiger partial charge >= 0.3 is 0 Å². The van der Waals surface area contributed by atoms with Crippen LogP contribution in [0, 0.1) is 0 Å². The van der Waals surface area contributed by atoms with Crippen LogP contribution in [-0.2, 0) is 9.53 Å². The molecule has 0 aromatic heterocycles. The minimum atomic E-state index is 0.117. The number of nitrogens with one attached hydrogen (secondary N) is 2. The van der Waals surface area contributed by atoms with Gasteiger partial charge in [0.15, 0.2) is 6.54 Å². The summed E-state index contributed by atoms with van der Waals surface area (Å²) in [5, 5.41) is 6.07. The maximum atomic E-state index is 12.5. The van der Waals surface area contributed by atoms with Gasteiger partial charge in [-0.2, -0.15) is 0 Å². The molecule has 6 heteroatoms. The Morgan fingerprint density at radius 3 is 2.67 bits per heavy atom. The zero-order valence-electron chi connectivity index (χ0n) is 16.4. The van der Waals surface area contributed by atoms with Gasteiger partial charge in [-0.1, -0.05) is 36.2 Å². The predicted octanol–water partition coefficient (Wildman–Crippen LogP) is 0.699. The van der Waals surface area contributed by atoms with Crippen LogP contribution in [-0.4, -0.2) is 50.8 Å². The number of carbonyl (C=O) groups excluding carboxylic acids is 1. The van der Waals surface area contributed by atoms with Crippen molar-refractivity contribution in [1.82, 2.24) is 5.32 Å². The number of carbonyl (C=O) groups is 1. The molecule has 2 aliphatic rings. The zero-order chi connectivity index (χ0) is 19.1. The van der Waals surface area contributed by atoms with Crippen LogP contribution in [0.1, 0.15) is 50.6 Å². The molecule has 1 atom stereocenters. The second-order valence-corrected chi connectivity index (χ2v) is 8.49. The molecule has 4 N–H and O–H groups in total. The minimum absolute atomic E-state index is 0.117. The van der Waals surface area contributed by atoms with Crippen molar-refractivity contribution in [1.29, 1.82) is 0 Å². The number of amides is 1. The van der Waals surface area contributed by atoms with Gasteiger partial charge in [0, 0.05) is 23.4 Å². The van der Waals surface area contributed by atoms with E-state index in [9.17, 15) is 4.79 Å². The van der Waals surface area contributed by atoms with E-state index in [2.05, 4.69) is 17.6 Å². The largest absolute Gasteiger partial charge is 0.370 e. The van der Waals surface area contributed by atoms with E-state index in [0.29, 0.717) is 6.54 Å². The Morgan fingerprint density at radius 2 is 1.96 bits per heavy atom. The van der Waals surface area contributed by atoms with E-state index in [1.165, 1.54) is 32.1 Å². The van der Waals surface area contributed by atoms with Gasteiger partial charge in [-0.05, 0) is 25.8 Å². The molecule has 1 amide bonds. The van der Waals surface area contributed by atoms with E-state index in [4.69, 9.17) is 16.3 Å². The molecular formula is C21H34ClN3O2+2. The molecule has 0 bridgehead atoms. The van der Waals surface area contributed by atoms with Gasteiger partial charge in [-0.15, -0.1) is 0 Å². The van der Waals surface area contributed by atoms with Crippen LogP contribution < -0.4 is 15.5 Å². The number of nitrogens with two attached hydrogens (primary N) is 1. The molecular weight excluding hydrogens is 362 g/mol. The molecule has 1 heterocycles. The van der Waals surface area contributed by atoms with Gasteiger partial charge in [-0.25, -0.2) is 0 Å². The summed E-state index contributed by atoms with van der Waals surface area (Å²) in [5.41, 5.74) is 1.28. The van der Waals surface area contributed by atoms with Crippen molar-refractivity contribution in [2.24, 2.45) is 0 Å². The average molecular weight is 396 g/mol. The molecule has 2 fully saturated rings. The quantitative estimate of drug-likeness (QED) is 0.636. The van der Waals surface area contributed by atoms with Gasteiger partial charge in [0.25, 0.3) is 5.91 Å². The highest BCUT2D eigenvalue weighted by atomic mass is 35.5. The van der Waals surface area contributed by atoms with Crippen molar-refractivity contribution in [3.8, 4) is 0 Å². The van der Waals surface area contributed by atoms with E-state index in [0.717, 1.165) is 43.4 Å². The zero-order valence-corrected chi connectivity index (χ0v) is 17.2. The number of hydrogen-bond acceptors (Lipinski definition) is 2. The summed E-state index contributed by atoms with van der Waals surface area (Å²) < 4.78 is 5.55. The number of benzene rings is 1. The van der Waals surface area contributed by atoms with Crippen LogP contribution >= 0.6 is 11.6 Å². The number of ether oxygens (including phenoxy) is 1. The highest BCUT2D eigenvalue weighted by molar-refractivity contribution is 6.31. The summed E-state index contributed by atoms with van der Waals surface area (Å²) in [6.45, 7) is 7.12. The normalized spacial score (nSPS) is 21.6. The van der Waals surface area contributed by atoms with Crippen LogP contribution in [0.4, 0.5) is 0 Å². The third-order valence-electron chi connectivity index (χ3n) is 6.33. The van der Waals surface area contributed by atoms with Crippen molar-refractivity contribution in [3.05, 3.63) is 34.9 Å². The van der Waals surface area contributed by atoms with Crippen molar-refractivity contribution in [3.63, 3.8) is 0 Å². The maximum absolute atomic E-state index is 12.5. The van der Waals surface area contributed by atoms with Crippen molar-refractivity contribution >= 4 is 17.5 Å². The summed E-state index contributed by atoms with van der Waals surface area (Å²) in [7, 11) is 0. The van der Waals surface area contributed by atoms with Gasteiger partial charge < -0.3 is 20.3 Å². The molecule has 1 saturated carbocycles. The lowest BCUT2D eigenvalue weighted by Gasteiger charge is -2.44. The fourth-order valence-electron chi connectivity index (χ4n) is 4.63. The second-order valence-electron chi connectivity index (χ2n) is 8.08. The molecule has 1 saturated heterocycles. The lowest BCUT2D eigenvalue weighted by Crippen LogP contribution is -3.23. The first-order valence-corrected chi connectivity index (χ1v) is 10.8. The molecule has 0 spiro atoms. The number of hydrogen-bond donors (Lipinski definition) is 3. The van der Waals surface area contributed by atoms with Gasteiger partial charge in [-0.3, -0.25) is 4.79 Å². The monoisotopic (exact) mass is 395 g/mol. The maximum Gasteiger partial charge on any atom is 0.275 e. The summed E-state index contributed by atoms with van der Waals surface area (Å²) in [4.78, 5) is 14.1. The van der Waals surface area contributed by atoms with Crippen LogP contribution in [0.15, 0.2) is 24.3 Å². The number of rotatable bonds is 7. The Morgan fingerprint density at radius 1 is 1.26 bits per heavy atom. The van der Waals surface area contributed by atoms with Crippen LogP contribution in [0.25, 0.3) is 0 Å². The number of morpholine rings is 1. The van der Waals surface area contributed by atoms with Crippen LogP contribution in [0.5, 0.6) is 0 Å². The molecule has 1 aromatic rings. The Labute approximate surface area is 167 Å². The fourth-order valence-corrected chi connectivity index (χ4v) is 4.93. The Hall–Kier alpha value is -1.14. The lowest BCUT2D eigenvalue weighted by molar-refractivity contribution is -0.960. The van der Waals surface area contributed by atoms with Crippen molar-refractivity contribution < 1.29 is 19.7 Å². The fraction of sp³-hybridized carbons (Fsp3) is 0.667. The van der Waals surface area contributed by atoms with E-state index >= 15 is 0 Å². The third-order valence-corrected chi connectivity index (χ3v) is 6.68. The SMILES string of the molecule is C[C@H]([NH2+]CC(=O)NCC1([NH+]2CCOCC2)CCCCC1)c1ccccc1Cl. The standard InChI is InChI=1S/C21H32ClN3O2/c1-17(18-7-3-4-8-19(18)22)23-15-20(26)24-16-21(9-5-2-6-10-21)25-11-13-27-14-12-25/h3-4,7-8,17,23H,2,5-6,9-16H2,1H3,(H,24,26)/p+2/t17-/m0/s1. The first-order chi connectivity index (χ1) is 13.1. The molecule has 0 unspecified atom stereocenters. The Bertz CT molecular complexity index is 613. The Balaban J connectivity index is 1.51. The van der Waals surface area contributed by atoms with Gasteiger partial charge in [0.2, 0.25) is 0 Å². The average Bonchev–Trinajstić information content (AvgIpc) is 2.72. The van der Waals surface area contributed by atoms with E-state index in [1.807, 2.05) is 24.3 Å². The lowest BCUT2D eigenvalue weighted by atomic mass is 9.79. The highest BCUT2D eigenvalue weighted by Gasteiger charge is 2.42. The van der Waals surface area contributed by atoms with E-state index < -0.39 is 0 Å². The number of halogens is 1. The van der Waals surface area contributed by atoms with E-state index in [-0.39, 0.29) is 17.5 Å². The summed E-state index contributed by atoms with van der Waals surface area (Å²) >= 11 is 6.27. The molecule has 1 aliphatic carbocycles. The second kappa shape index (κ2) is 9.87. The van der Waals surface area contributed by atoms with Gasteiger partial charge in [0.1, 0.15) is 24.7 Å². The van der Waals surface area contributed by atoms with Crippen molar-refractivity contribution in [2.45, 2.75) is 50.6 Å². The summed E-state index contributed by atoms with van der Waals surface area (Å²) in [5.74, 6) is 0.117. The topological polar surface area (TPSA) is 59.4 Å². The highest BCUT2D eigenvalue weighted by Crippen LogP contribution is 2.25. The summed E-state index contributed by atoms with van der Waals surface area (Å²) in [6.07, 6.45) is 6.29. The third kappa shape index (κ3) is 5.44.